The minimum Gasteiger partial charge on any atom is -0.353 e. The molecule has 0 aliphatic heterocycles. The van der Waals surface area contributed by atoms with Crippen molar-refractivity contribution in [1.29, 1.82) is 0 Å². The van der Waals surface area contributed by atoms with Gasteiger partial charge in [0.25, 0.3) is 5.56 Å². The van der Waals surface area contributed by atoms with Gasteiger partial charge in [0.2, 0.25) is 0 Å². The van der Waals surface area contributed by atoms with Gasteiger partial charge in [0.1, 0.15) is 0 Å². The Kier molecular flexibility index (Phi) is 2.48. The van der Waals surface area contributed by atoms with Gasteiger partial charge in [-0.3, -0.25) is 9.36 Å². The minimum atomic E-state index is -0.00375. The maximum atomic E-state index is 12.5. The lowest BCUT2D eigenvalue weighted by atomic mass is 10.1. The highest BCUT2D eigenvalue weighted by atomic mass is 16.1. The third-order valence-corrected chi connectivity index (χ3v) is 3.95. The van der Waals surface area contributed by atoms with Crippen molar-refractivity contribution in [3.8, 4) is 5.69 Å². The minimum absolute atomic E-state index is 0.00375. The summed E-state index contributed by atoms with van der Waals surface area (Å²) in [5.41, 5.74) is 3.89. The largest absolute Gasteiger partial charge is 0.353 e. The number of H-pyrrole nitrogens is 1. The van der Waals surface area contributed by atoms with E-state index in [0.29, 0.717) is 0 Å². The summed E-state index contributed by atoms with van der Waals surface area (Å²) in [5.74, 6) is 0. The van der Waals surface area contributed by atoms with E-state index in [4.69, 9.17) is 0 Å². The molecule has 0 aliphatic carbocycles. The molecule has 0 aliphatic rings. The molecule has 21 heavy (non-hydrogen) atoms. The Morgan fingerprint density at radius 1 is 0.905 bits per heavy atom. The van der Waals surface area contributed by atoms with Crippen molar-refractivity contribution in [2.75, 3.05) is 0 Å². The van der Waals surface area contributed by atoms with E-state index in [-0.39, 0.29) is 5.56 Å². The average molecular weight is 274 g/mol. The molecule has 0 fully saturated rings. The number of nitrogens with zero attached hydrogens (tertiary/aromatic N) is 1. The fourth-order valence-corrected chi connectivity index (χ4v) is 2.96. The third-order valence-electron chi connectivity index (χ3n) is 3.95. The second kappa shape index (κ2) is 4.35. The number of para-hydroxylation sites is 2. The summed E-state index contributed by atoms with van der Waals surface area (Å²) in [4.78, 5) is 16.0. The van der Waals surface area contributed by atoms with Crippen LogP contribution in [0.4, 0.5) is 0 Å². The first kappa shape index (κ1) is 12.0. The zero-order valence-corrected chi connectivity index (χ0v) is 11.6. The van der Waals surface area contributed by atoms with Crippen molar-refractivity contribution in [3.63, 3.8) is 0 Å². The fraction of sp³-hybridized carbons (Fsp3) is 0.0556. The first-order valence-corrected chi connectivity index (χ1v) is 6.94. The summed E-state index contributed by atoms with van der Waals surface area (Å²) in [5, 5.41) is 2.08. The van der Waals surface area contributed by atoms with Crippen LogP contribution in [0.3, 0.4) is 0 Å². The first-order valence-electron chi connectivity index (χ1n) is 6.94. The van der Waals surface area contributed by atoms with E-state index in [9.17, 15) is 4.79 Å². The molecule has 0 bridgehead atoms. The van der Waals surface area contributed by atoms with E-state index >= 15 is 0 Å². The fourth-order valence-electron chi connectivity index (χ4n) is 2.96. The van der Waals surface area contributed by atoms with E-state index < -0.39 is 0 Å². The molecule has 0 saturated heterocycles. The van der Waals surface area contributed by atoms with Crippen LogP contribution in [0.2, 0.25) is 0 Å². The number of aromatic amines is 1. The standard InChI is InChI=1S/C18H14N2O/c1-12-18-15(14-9-5-6-10-16(14)19-18)11-17(21)20(12)13-7-3-2-4-8-13/h2-11,19H,1H3. The molecule has 2 aromatic carbocycles. The van der Waals surface area contributed by atoms with Crippen molar-refractivity contribution in [3.05, 3.63) is 76.7 Å². The Balaban J connectivity index is 2.16. The molecule has 1 N–H and O–H groups in total. The van der Waals surface area contributed by atoms with Crippen molar-refractivity contribution in [1.82, 2.24) is 9.55 Å². The van der Waals surface area contributed by atoms with Gasteiger partial charge in [0.15, 0.2) is 0 Å². The number of hydrogen-bond donors (Lipinski definition) is 1. The lowest BCUT2D eigenvalue weighted by Crippen LogP contribution is -2.19. The molecule has 0 radical (unpaired) electrons. The molecule has 4 rings (SSSR count). The number of rotatable bonds is 1. The van der Waals surface area contributed by atoms with Gasteiger partial charge in [-0.1, -0.05) is 36.4 Å². The van der Waals surface area contributed by atoms with E-state index in [0.717, 1.165) is 33.2 Å². The molecule has 3 heteroatoms. The van der Waals surface area contributed by atoms with E-state index in [2.05, 4.69) is 4.98 Å². The Morgan fingerprint density at radius 2 is 1.62 bits per heavy atom. The third kappa shape index (κ3) is 1.71. The van der Waals surface area contributed by atoms with Crippen molar-refractivity contribution < 1.29 is 0 Å². The smallest absolute Gasteiger partial charge is 0.256 e. The summed E-state index contributed by atoms with van der Waals surface area (Å²) in [6, 6.07) is 19.5. The highest BCUT2D eigenvalue weighted by molar-refractivity contribution is 6.07. The van der Waals surface area contributed by atoms with E-state index in [1.165, 1.54) is 0 Å². The predicted molar refractivity (Wildman–Crippen MR) is 86.1 cm³/mol. The van der Waals surface area contributed by atoms with Crippen LogP contribution in [-0.2, 0) is 0 Å². The average Bonchev–Trinajstić information content (AvgIpc) is 2.88. The maximum Gasteiger partial charge on any atom is 0.256 e. The molecule has 0 saturated carbocycles. The molecule has 0 atom stereocenters. The molecule has 0 amide bonds. The summed E-state index contributed by atoms with van der Waals surface area (Å²) in [7, 11) is 0. The predicted octanol–water partition coefficient (Wildman–Crippen LogP) is 3.78. The molecule has 4 aromatic rings. The number of fused-ring (bicyclic) bond motifs is 3. The van der Waals surface area contributed by atoms with Crippen LogP contribution < -0.4 is 5.56 Å². The topological polar surface area (TPSA) is 37.8 Å². The van der Waals surface area contributed by atoms with Crippen molar-refractivity contribution in [2.45, 2.75) is 6.92 Å². The zero-order valence-electron chi connectivity index (χ0n) is 11.6. The number of benzene rings is 2. The molecule has 3 nitrogen and oxygen atoms in total. The number of aryl methyl sites for hydroxylation is 1. The number of hydrogen-bond acceptors (Lipinski definition) is 1. The van der Waals surface area contributed by atoms with Gasteiger partial charge in [0, 0.05) is 33.7 Å². The lowest BCUT2D eigenvalue weighted by Gasteiger charge is -2.10. The van der Waals surface area contributed by atoms with E-state index in [1.807, 2.05) is 61.5 Å². The highest BCUT2D eigenvalue weighted by Crippen LogP contribution is 2.26. The molecule has 2 heterocycles. The second-order valence-electron chi connectivity index (χ2n) is 5.20. The molecule has 0 spiro atoms. The summed E-state index contributed by atoms with van der Waals surface area (Å²) < 4.78 is 1.75. The Hall–Kier alpha value is -2.81. The molecule has 2 aromatic heterocycles. The van der Waals surface area contributed by atoms with Crippen molar-refractivity contribution in [2.24, 2.45) is 0 Å². The number of nitrogens with one attached hydrogen (secondary N) is 1. The van der Waals surface area contributed by atoms with Gasteiger partial charge in [0.05, 0.1) is 5.52 Å². The Bertz CT molecular complexity index is 1010. The van der Waals surface area contributed by atoms with E-state index in [1.54, 1.807) is 10.6 Å². The number of aromatic nitrogens is 2. The quantitative estimate of drug-likeness (QED) is 0.563. The van der Waals surface area contributed by atoms with Crippen LogP contribution in [0.15, 0.2) is 65.5 Å². The monoisotopic (exact) mass is 274 g/mol. The normalized spacial score (nSPS) is 11.3. The van der Waals surface area contributed by atoms with Gasteiger partial charge in [-0.05, 0) is 25.1 Å². The SMILES string of the molecule is Cc1c2[nH]c3ccccc3c2cc(=O)n1-c1ccccc1. The van der Waals surface area contributed by atoms with Gasteiger partial charge >= 0.3 is 0 Å². The van der Waals surface area contributed by atoms with Crippen LogP contribution >= 0.6 is 0 Å². The summed E-state index contributed by atoms with van der Waals surface area (Å²) in [6.07, 6.45) is 0. The summed E-state index contributed by atoms with van der Waals surface area (Å²) >= 11 is 0. The zero-order chi connectivity index (χ0) is 14.4. The van der Waals surface area contributed by atoms with Gasteiger partial charge < -0.3 is 4.98 Å². The number of pyridine rings is 1. The van der Waals surface area contributed by atoms with Crippen LogP contribution in [0.5, 0.6) is 0 Å². The van der Waals surface area contributed by atoms with Gasteiger partial charge in [-0.25, -0.2) is 0 Å². The highest BCUT2D eigenvalue weighted by Gasteiger charge is 2.12. The molecular weight excluding hydrogens is 260 g/mol. The molecular formula is C18H14N2O. The second-order valence-corrected chi connectivity index (χ2v) is 5.20. The Labute approximate surface area is 121 Å². The van der Waals surface area contributed by atoms with Crippen LogP contribution in [-0.4, -0.2) is 9.55 Å². The molecule has 0 unspecified atom stereocenters. The molecule has 102 valence electrons. The summed E-state index contributed by atoms with van der Waals surface area (Å²) in [6.45, 7) is 1.98. The lowest BCUT2D eigenvalue weighted by molar-refractivity contribution is 0.948. The van der Waals surface area contributed by atoms with Gasteiger partial charge in [-0.2, -0.15) is 0 Å². The van der Waals surface area contributed by atoms with Crippen molar-refractivity contribution >= 4 is 21.8 Å². The first-order chi connectivity index (χ1) is 10.3. The van der Waals surface area contributed by atoms with Gasteiger partial charge in [-0.15, -0.1) is 0 Å². The van der Waals surface area contributed by atoms with Crippen LogP contribution in [0.1, 0.15) is 5.69 Å². The maximum absolute atomic E-state index is 12.5. The van der Waals surface area contributed by atoms with Crippen LogP contribution in [0.25, 0.3) is 27.5 Å². The Morgan fingerprint density at radius 3 is 2.43 bits per heavy atom. The van der Waals surface area contributed by atoms with Crippen LogP contribution in [0, 0.1) is 6.92 Å².